The summed E-state index contributed by atoms with van der Waals surface area (Å²) in [5.41, 5.74) is 21.1. The van der Waals surface area contributed by atoms with Gasteiger partial charge in [0.1, 0.15) is 0 Å². The van der Waals surface area contributed by atoms with E-state index in [-0.39, 0.29) is 10.8 Å². The molecule has 1 aliphatic heterocycles. The molecule has 260 valence electrons. The molecule has 1 N–H and O–H groups in total. The van der Waals surface area contributed by atoms with E-state index in [0.717, 1.165) is 0 Å². The van der Waals surface area contributed by atoms with E-state index in [1.165, 1.54) is 78.1 Å². The maximum Gasteiger partial charge on any atom is 0.0984 e. The minimum Gasteiger partial charge on any atom is -0.372 e. The fourth-order valence-electron chi connectivity index (χ4n) is 11.6. The first-order valence-electron chi connectivity index (χ1n) is 19.7. The lowest BCUT2D eigenvalue weighted by Gasteiger charge is -2.42. The lowest BCUT2D eigenvalue weighted by molar-refractivity contribution is 0.401. The Kier molecular flexibility index (Phi) is 6.53. The van der Waals surface area contributed by atoms with Crippen molar-refractivity contribution >= 4 is 29.0 Å². The Morgan fingerprint density at radius 1 is 0.685 bits per heavy atom. The molecule has 1 nitrogen and oxygen atoms in total. The summed E-state index contributed by atoms with van der Waals surface area (Å²) in [6, 6.07) is 35.1. The van der Waals surface area contributed by atoms with Gasteiger partial charge in [0.25, 0.3) is 0 Å². The van der Waals surface area contributed by atoms with Gasteiger partial charge in [0.2, 0.25) is 0 Å². The van der Waals surface area contributed by atoms with Gasteiger partial charge < -0.3 is 5.32 Å². The van der Waals surface area contributed by atoms with Crippen LogP contribution < -0.4 is 5.32 Å². The highest BCUT2D eigenvalue weighted by Crippen LogP contribution is 2.68. The van der Waals surface area contributed by atoms with Gasteiger partial charge >= 0.3 is 0 Å². The molecule has 7 aliphatic carbocycles. The molecule has 8 unspecified atom stereocenters. The SMILES string of the molecule is CC1C=CC=C2c3ccccc3C3(C4=C(c5ccc(-c6ccc7c(c6)C6C(=CC=C8NC(c9ccccc9)SC86)C=C7)cc53)C(C)C3C=CC=CC3=C4)C21. The molecular weight excluding hydrogens is 671 g/mol. The lowest BCUT2D eigenvalue weighted by atomic mass is 9.60. The topological polar surface area (TPSA) is 12.0 Å². The van der Waals surface area contributed by atoms with E-state index in [0.29, 0.717) is 34.8 Å². The van der Waals surface area contributed by atoms with Crippen LogP contribution in [0.4, 0.5) is 0 Å². The molecular formula is C52H41NS. The monoisotopic (exact) mass is 711 g/mol. The molecule has 0 saturated carbocycles. The predicted octanol–water partition coefficient (Wildman–Crippen LogP) is 12.3. The van der Waals surface area contributed by atoms with Gasteiger partial charge in [0.15, 0.2) is 0 Å². The number of hydrogen-bond donors (Lipinski definition) is 1. The van der Waals surface area contributed by atoms with E-state index in [4.69, 9.17) is 0 Å². The summed E-state index contributed by atoms with van der Waals surface area (Å²) >= 11 is 2.07. The standard InChI is InChI=1S/C52H41NS/c1-30-11-10-17-40-39-16-8-9-18-43(39)52(49(30)40)44-28-36(23-25-41(44)47-31(2)38-15-7-6-14-37(38)29-45(47)52)35-22-20-32-19-21-33-24-26-46-50(48(33)42(32)27-35)54-51(53-46)34-12-4-3-5-13-34/h3-31,38,48-51,53H,1-2H3. The van der Waals surface area contributed by atoms with Crippen molar-refractivity contribution in [3.63, 3.8) is 0 Å². The first-order valence-corrected chi connectivity index (χ1v) is 20.7. The normalized spacial score (nSPS) is 31.2. The van der Waals surface area contributed by atoms with Gasteiger partial charge in [-0.25, -0.2) is 0 Å². The molecule has 1 heterocycles. The van der Waals surface area contributed by atoms with Crippen molar-refractivity contribution in [1.29, 1.82) is 0 Å². The van der Waals surface area contributed by atoms with Crippen LogP contribution >= 0.6 is 11.8 Å². The second-order valence-corrected chi connectivity index (χ2v) is 17.7. The molecule has 1 saturated heterocycles. The summed E-state index contributed by atoms with van der Waals surface area (Å²) in [5, 5.41) is 4.50. The molecule has 0 aromatic heterocycles. The van der Waals surface area contributed by atoms with Crippen LogP contribution in [0.3, 0.4) is 0 Å². The largest absolute Gasteiger partial charge is 0.372 e. The molecule has 0 amide bonds. The zero-order valence-electron chi connectivity index (χ0n) is 30.5. The highest BCUT2D eigenvalue weighted by molar-refractivity contribution is 8.00. The summed E-state index contributed by atoms with van der Waals surface area (Å²) in [4.78, 5) is 0. The van der Waals surface area contributed by atoms with E-state index in [9.17, 15) is 0 Å². The van der Waals surface area contributed by atoms with E-state index < -0.39 is 0 Å². The Morgan fingerprint density at radius 3 is 2.46 bits per heavy atom. The summed E-state index contributed by atoms with van der Waals surface area (Å²) in [5.74, 6) is 1.85. The molecule has 4 aromatic rings. The fourth-order valence-corrected chi connectivity index (χ4v) is 13.1. The molecule has 1 fully saturated rings. The molecule has 54 heavy (non-hydrogen) atoms. The third kappa shape index (κ3) is 4.07. The van der Waals surface area contributed by atoms with E-state index >= 15 is 0 Å². The van der Waals surface area contributed by atoms with E-state index in [2.05, 4.69) is 195 Å². The Labute approximate surface area is 322 Å². The Balaban J connectivity index is 1.02. The fraction of sp³-hybridized carbons (Fsp3) is 0.192. The number of hydrogen-bond acceptors (Lipinski definition) is 2. The minimum atomic E-state index is -0.247. The molecule has 4 aromatic carbocycles. The van der Waals surface area contributed by atoms with Crippen molar-refractivity contribution in [2.75, 3.05) is 0 Å². The summed E-state index contributed by atoms with van der Waals surface area (Å²) in [6.07, 6.45) is 28.4. The van der Waals surface area contributed by atoms with E-state index in [1.807, 2.05) is 0 Å². The van der Waals surface area contributed by atoms with Gasteiger partial charge in [-0.3, -0.25) is 0 Å². The van der Waals surface area contributed by atoms with Crippen molar-refractivity contribution in [1.82, 2.24) is 5.32 Å². The predicted molar refractivity (Wildman–Crippen MR) is 226 cm³/mol. The quantitative estimate of drug-likeness (QED) is 0.222. The van der Waals surface area contributed by atoms with Crippen LogP contribution in [0.2, 0.25) is 0 Å². The number of benzene rings is 4. The third-order valence-electron chi connectivity index (χ3n) is 13.9. The Bertz CT molecular complexity index is 2620. The average molecular weight is 712 g/mol. The van der Waals surface area contributed by atoms with Gasteiger partial charge in [0, 0.05) is 23.5 Å². The van der Waals surface area contributed by atoms with Gasteiger partial charge in [0.05, 0.1) is 16.0 Å². The molecule has 12 rings (SSSR count). The van der Waals surface area contributed by atoms with Gasteiger partial charge in [-0.15, -0.1) is 11.8 Å². The molecule has 0 radical (unpaired) electrons. The highest BCUT2D eigenvalue weighted by Gasteiger charge is 2.59. The second-order valence-electron chi connectivity index (χ2n) is 16.4. The maximum absolute atomic E-state index is 3.88. The number of nitrogens with one attached hydrogen (secondary N) is 1. The van der Waals surface area contributed by atoms with Gasteiger partial charge in [-0.2, -0.15) is 0 Å². The van der Waals surface area contributed by atoms with Crippen LogP contribution in [0.5, 0.6) is 0 Å². The zero-order valence-corrected chi connectivity index (χ0v) is 31.4. The minimum absolute atomic E-state index is 0.247. The van der Waals surface area contributed by atoms with Crippen molar-refractivity contribution in [3.8, 4) is 11.1 Å². The third-order valence-corrected chi connectivity index (χ3v) is 15.3. The molecule has 8 aliphatic rings. The van der Waals surface area contributed by atoms with Crippen LogP contribution in [-0.2, 0) is 5.41 Å². The molecule has 8 atom stereocenters. The number of allylic oxidation sites excluding steroid dienone is 16. The van der Waals surface area contributed by atoms with Crippen LogP contribution in [0.1, 0.15) is 64.1 Å². The van der Waals surface area contributed by atoms with Crippen LogP contribution in [0.15, 0.2) is 180 Å². The first kappa shape index (κ1) is 31.1. The maximum atomic E-state index is 3.88. The Hall–Kier alpha value is -5.31. The summed E-state index contributed by atoms with van der Waals surface area (Å²) in [6.45, 7) is 4.92. The molecule has 2 heteroatoms. The van der Waals surface area contributed by atoms with Crippen LogP contribution in [0, 0.1) is 23.7 Å². The summed E-state index contributed by atoms with van der Waals surface area (Å²) in [7, 11) is 0. The van der Waals surface area contributed by atoms with Crippen molar-refractivity contribution in [2.45, 2.75) is 35.8 Å². The second kappa shape index (κ2) is 11.4. The van der Waals surface area contributed by atoms with Crippen LogP contribution in [-0.4, -0.2) is 5.25 Å². The van der Waals surface area contributed by atoms with Crippen molar-refractivity contribution in [2.24, 2.45) is 23.7 Å². The number of thioether (sulfide) groups is 1. The lowest BCUT2D eigenvalue weighted by Crippen LogP contribution is -2.37. The number of fused-ring (bicyclic) bond motifs is 15. The smallest absolute Gasteiger partial charge is 0.0984 e. The van der Waals surface area contributed by atoms with Crippen LogP contribution in [0.25, 0.3) is 28.3 Å². The average Bonchev–Trinajstić information content (AvgIpc) is 3.88. The Morgan fingerprint density at radius 2 is 1.54 bits per heavy atom. The van der Waals surface area contributed by atoms with E-state index in [1.54, 1.807) is 5.57 Å². The highest BCUT2D eigenvalue weighted by atomic mass is 32.2. The molecule has 0 bridgehead atoms. The zero-order chi connectivity index (χ0) is 35.7. The summed E-state index contributed by atoms with van der Waals surface area (Å²) < 4.78 is 0. The molecule has 1 spiro atoms. The van der Waals surface area contributed by atoms with Gasteiger partial charge in [-0.1, -0.05) is 160 Å². The first-order chi connectivity index (χ1) is 26.6. The van der Waals surface area contributed by atoms with Crippen molar-refractivity contribution in [3.05, 3.63) is 219 Å². The number of rotatable bonds is 2. The van der Waals surface area contributed by atoms with Crippen molar-refractivity contribution < 1.29 is 0 Å². The van der Waals surface area contributed by atoms with Gasteiger partial charge in [-0.05, 0) is 108 Å².